The molecule has 0 saturated heterocycles. The molecule has 0 heterocycles. The van der Waals surface area contributed by atoms with Gasteiger partial charge in [-0.15, -0.1) is 0 Å². The van der Waals surface area contributed by atoms with E-state index in [1.807, 2.05) is 42.5 Å². The van der Waals surface area contributed by atoms with E-state index in [-0.39, 0.29) is 5.78 Å². The molecule has 2 aromatic rings. The molecule has 0 spiro atoms. The van der Waals surface area contributed by atoms with E-state index in [1.165, 1.54) is 0 Å². The van der Waals surface area contributed by atoms with E-state index < -0.39 is 0 Å². The average Bonchev–Trinajstić information content (AvgIpc) is 2.67. The molecule has 0 amide bonds. The molecule has 1 nitrogen and oxygen atoms in total. The number of allylic oxidation sites excluding steroid dienone is 4. The van der Waals surface area contributed by atoms with Crippen LogP contribution < -0.4 is 0 Å². The predicted octanol–water partition coefficient (Wildman–Crippen LogP) is 5.63. The molecule has 1 aliphatic rings. The maximum atomic E-state index is 12.4. The van der Waals surface area contributed by atoms with Gasteiger partial charge in [0.2, 0.25) is 5.78 Å². The van der Waals surface area contributed by atoms with E-state index in [0.29, 0.717) is 5.57 Å². The first-order valence-electron chi connectivity index (χ1n) is 8.40. The van der Waals surface area contributed by atoms with Crippen LogP contribution in [-0.4, -0.2) is 5.78 Å². The number of hydrogen-bond donors (Lipinski definition) is 0. The summed E-state index contributed by atoms with van der Waals surface area (Å²) in [6.45, 7) is 9.95. The Hall–Kier alpha value is -3.11. The summed E-state index contributed by atoms with van der Waals surface area (Å²) < 4.78 is 0. The van der Waals surface area contributed by atoms with Crippen LogP contribution in [0.5, 0.6) is 0 Å². The summed E-state index contributed by atoms with van der Waals surface area (Å²) in [4.78, 5) is 12.4. The number of carbonyl (C=O) groups is 1. The number of fused-ring (bicyclic) bond motifs is 1. The van der Waals surface area contributed by atoms with Crippen molar-refractivity contribution < 1.29 is 4.79 Å². The Morgan fingerprint density at radius 1 is 1.08 bits per heavy atom. The topological polar surface area (TPSA) is 17.1 Å². The van der Waals surface area contributed by atoms with Gasteiger partial charge in [-0.3, -0.25) is 4.79 Å². The molecule has 2 aromatic carbocycles. The zero-order valence-electron chi connectivity index (χ0n) is 14.4. The SMILES string of the molecule is C=Cc1c(C=C)c(C#CC(=O)C2=CCCC=C2)c2ccccc2c1C. The molecule has 0 unspecified atom stereocenters. The molecule has 0 atom stereocenters. The minimum Gasteiger partial charge on any atom is -0.279 e. The van der Waals surface area contributed by atoms with Crippen LogP contribution in [0.15, 0.2) is 61.2 Å². The number of hydrogen-bond acceptors (Lipinski definition) is 1. The van der Waals surface area contributed by atoms with Crippen LogP contribution in [0.1, 0.15) is 35.1 Å². The van der Waals surface area contributed by atoms with Gasteiger partial charge in [0.1, 0.15) is 0 Å². The van der Waals surface area contributed by atoms with Gasteiger partial charge >= 0.3 is 0 Å². The molecule has 1 aliphatic carbocycles. The van der Waals surface area contributed by atoms with E-state index in [2.05, 4.69) is 38.0 Å². The van der Waals surface area contributed by atoms with Crippen LogP contribution in [0.2, 0.25) is 0 Å². The molecule has 0 aliphatic heterocycles. The summed E-state index contributed by atoms with van der Waals surface area (Å²) in [5.41, 5.74) is 4.61. The molecule has 0 N–H and O–H groups in total. The van der Waals surface area contributed by atoms with Gasteiger partial charge in [0.15, 0.2) is 0 Å². The highest BCUT2D eigenvalue weighted by Gasteiger charge is 2.12. The molecular formula is C24H20O. The molecule has 0 aromatic heterocycles. The van der Waals surface area contributed by atoms with Crippen molar-refractivity contribution in [2.24, 2.45) is 0 Å². The lowest BCUT2D eigenvalue weighted by molar-refractivity contribution is -0.110. The second-order valence-electron chi connectivity index (χ2n) is 6.00. The Morgan fingerprint density at radius 3 is 2.44 bits per heavy atom. The largest absolute Gasteiger partial charge is 0.279 e. The first-order valence-corrected chi connectivity index (χ1v) is 8.40. The monoisotopic (exact) mass is 324 g/mol. The molecule has 0 fully saturated rings. The van der Waals surface area contributed by atoms with E-state index in [1.54, 1.807) is 6.08 Å². The fraction of sp³-hybridized carbons (Fsp3) is 0.125. The Balaban J connectivity index is 2.21. The third kappa shape index (κ3) is 3.12. The number of aryl methyl sites for hydroxylation is 1. The van der Waals surface area contributed by atoms with Crippen molar-refractivity contribution in [2.75, 3.05) is 0 Å². The van der Waals surface area contributed by atoms with Crippen molar-refractivity contribution in [3.63, 3.8) is 0 Å². The zero-order chi connectivity index (χ0) is 17.8. The number of benzene rings is 2. The van der Waals surface area contributed by atoms with Crippen LogP contribution in [-0.2, 0) is 4.79 Å². The zero-order valence-corrected chi connectivity index (χ0v) is 14.4. The van der Waals surface area contributed by atoms with Crippen LogP contribution in [0.4, 0.5) is 0 Å². The normalized spacial score (nSPS) is 12.9. The lowest BCUT2D eigenvalue weighted by atomic mass is 9.89. The van der Waals surface area contributed by atoms with Crippen molar-refractivity contribution in [2.45, 2.75) is 19.8 Å². The van der Waals surface area contributed by atoms with Crippen LogP contribution in [0, 0.1) is 18.8 Å². The van der Waals surface area contributed by atoms with Gasteiger partial charge in [0, 0.05) is 11.1 Å². The van der Waals surface area contributed by atoms with Crippen LogP contribution in [0.25, 0.3) is 22.9 Å². The summed E-state index contributed by atoms with van der Waals surface area (Å²) >= 11 is 0. The van der Waals surface area contributed by atoms with Gasteiger partial charge in [-0.1, -0.05) is 73.7 Å². The van der Waals surface area contributed by atoms with E-state index in [4.69, 9.17) is 0 Å². The molecule has 0 bridgehead atoms. The molecule has 3 rings (SSSR count). The highest BCUT2D eigenvalue weighted by molar-refractivity contribution is 6.11. The lowest BCUT2D eigenvalue weighted by Crippen LogP contribution is -2.00. The second kappa shape index (κ2) is 7.20. The van der Waals surface area contributed by atoms with E-state index >= 15 is 0 Å². The van der Waals surface area contributed by atoms with Crippen molar-refractivity contribution in [1.29, 1.82) is 0 Å². The Labute approximate surface area is 149 Å². The first kappa shape index (κ1) is 16.7. The average molecular weight is 324 g/mol. The van der Waals surface area contributed by atoms with Crippen molar-refractivity contribution in [3.8, 4) is 11.8 Å². The van der Waals surface area contributed by atoms with Gasteiger partial charge in [0.05, 0.1) is 0 Å². The summed E-state index contributed by atoms with van der Waals surface area (Å²) in [6, 6.07) is 8.11. The van der Waals surface area contributed by atoms with Gasteiger partial charge in [-0.2, -0.15) is 0 Å². The molecule has 122 valence electrons. The summed E-state index contributed by atoms with van der Waals surface area (Å²) in [5, 5.41) is 2.16. The lowest BCUT2D eigenvalue weighted by Gasteiger charge is -2.13. The number of Topliss-reactive ketones (excluding diaryl/α,β-unsaturated/α-hetero) is 1. The van der Waals surface area contributed by atoms with E-state index in [0.717, 1.165) is 45.9 Å². The summed E-state index contributed by atoms with van der Waals surface area (Å²) in [7, 11) is 0. The standard InChI is InChI=1S/C24H20O/c1-4-19-17(3)21-13-9-10-14-22(21)23(20(19)5-2)15-16-24(25)18-11-7-6-8-12-18/h4-5,7,9-14H,1-2,6,8H2,3H3. The maximum absolute atomic E-state index is 12.4. The second-order valence-corrected chi connectivity index (χ2v) is 6.00. The fourth-order valence-electron chi connectivity index (χ4n) is 3.24. The number of carbonyl (C=O) groups excluding carboxylic acids is 1. The highest BCUT2D eigenvalue weighted by Crippen LogP contribution is 2.31. The third-order valence-electron chi connectivity index (χ3n) is 4.53. The van der Waals surface area contributed by atoms with Gasteiger partial charge in [-0.25, -0.2) is 0 Å². The fourth-order valence-corrected chi connectivity index (χ4v) is 3.24. The maximum Gasteiger partial charge on any atom is 0.235 e. The summed E-state index contributed by atoms with van der Waals surface area (Å²) in [6.07, 6.45) is 11.3. The minimum atomic E-state index is -0.143. The molecule has 1 heteroatoms. The number of ketones is 1. The molecule has 25 heavy (non-hydrogen) atoms. The number of rotatable bonds is 3. The highest BCUT2D eigenvalue weighted by atomic mass is 16.1. The Kier molecular flexibility index (Phi) is 4.82. The van der Waals surface area contributed by atoms with Crippen LogP contribution >= 0.6 is 0 Å². The van der Waals surface area contributed by atoms with Gasteiger partial charge in [0.25, 0.3) is 0 Å². The molecular weight excluding hydrogens is 304 g/mol. The molecule has 0 radical (unpaired) electrons. The Morgan fingerprint density at radius 2 is 1.80 bits per heavy atom. The quantitative estimate of drug-likeness (QED) is 0.669. The van der Waals surface area contributed by atoms with Crippen molar-refractivity contribution >= 4 is 28.7 Å². The Bertz CT molecular complexity index is 1000. The van der Waals surface area contributed by atoms with Crippen LogP contribution in [0.3, 0.4) is 0 Å². The third-order valence-corrected chi connectivity index (χ3v) is 4.53. The smallest absolute Gasteiger partial charge is 0.235 e. The minimum absolute atomic E-state index is 0.143. The van der Waals surface area contributed by atoms with Crippen molar-refractivity contribution in [3.05, 3.63) is 83.5 Å². The predicted molar refractivity (Wildman–Crippen MR) is 107 cm³/mol. The first-order chi connectivity index (χ1) is 12.2. The molecule has 0 saturated carbocycles. The summed E-state index contributed by atoms with van der Waals surface area (Å²) in [5.74, 6) is 5.79. The van der Waals surface area contributed by atoms with Crippen molar-refractivity contribution in [1.82, 2.24) is 0 Å². The van der Waals surface area contributed by atoms with Gasteiger partial charge in [-0.05, 0) is 53.1 Å². The van der Waals surface area contributed by atoms with Gasteiger partial charge < -0.3 is 0 Å². The van der Waals surface area contributed by atoms with E-state index in [9.17, 15) is 4.79 Å².